The van der Waals surface area contributed by atoms with E-state index in [9.17, 15) is 4.79 Å². The fraction of sp³-hybridized carbons (Fsp3) is 0.833. The highest BCUT2D eigenvalue weighted by Crippen LogP contribution is 1.86. The predicted octanol–water partition coefficient (Wildman–Crippen LogP) is 0.888. The molecule has 0 bridgehead atoms. The standard InChI is InChI=1S/C6H12O3/c1-2-3-4-9-5-6(7)8/h2-5H2,1H3,(H,7,8)/i1D3,2D2,3D2,4D2. The number of aliphatic carboxylic acids is 1. The maximum Gasteiger partial charge on any atom is 0.329 e. The Morgan fingerprint density at radius 3 is 3.33 bits per heavy atom. The molecule has 0 rings (SSSR count). The molecular formula is C6H12O3. The van der Waals surface area contributed by atoms with Gasteiger partial charge in [-0.25, -0.2) is 4.79 Å². The lowest BCUT2D eigenvalue weighted by Crippen LogP contribution is -2.07. The summed E-state index contributed by atoms with van der Waals surface area (Å²) in [6, 6.07) is 0. The van der Waals surface area contributed by atoms with Crippen molar-refractivity contribution in [2.45, 2.75) is 19.6 Å². The maximum absolute atomic E-state index is 10.2. The van der Waals surface area contributed by atoms with E-state index in [1.165, 1.54) is 0 Å². The molecule has 0 saturated carbocycles. The second-order valence-corrected chi connectivity index (χ2v) is 1.03. The number of ether oxygens (including phenoxy) is 1. The molecule has 0 aliphatic rings. The summed E-state index contributed by atoms with van der Waals surface area (Å²) in [5, 5.41) is 8.29. The van der Waals surface area contributed by atoms with Gasteiger partial charge in [-0.1, -0.05) is 13.2 Å². The molecule has 9 heavy (non-hydrogen) atoms. The summed E-state index contributed by atoms with van der Waals surface area (Å²) >= 11 is 0. The van der Waals surface area contributed by atoms with Gasteiger partial charge >= 0.3 is 5.97 Å². The monoisotopic (exact) mass is 141 g/mol. The quantitative estimate of drug-likeness (QED) is 0.618. The Morgan fingerprint density at radius 1 is 2.00 bits per heavy atom. The van der Waals surface area contributed by atoms with Gasteiger partial charge < -0.3 is 9.84 Å². The Hall–Kier alpha value is -0.570. The SMILES string of the molecule is [2H]C([2H])([2H])C([2H])([2H])C([2H])([2H])C([2H])([2H])OCC(=O)O. The lowest BCUT2D eigenvalue weighted by atomic mass is 10.4. The molecule has 0 aromatic rings. The van der Waals surface area contributed by atoms with Crippen LogP contribution in [0.4, 0.5) is 0 Å². The Kier molecular flexibility index (Phi) is 1.07. The van der Waals surface area contributed by atoms with E-state index in [1.54, 1.807) is 0 Å². The first-order valence-corrected chi connectivity index (χ1v) is 2.02. The van der Waals surface area contributed by atoms with Gasteiger partial charge in [-0.15, -0.1) is 0 Å². The Bertz CT molecular complexity index is 321. The molecule has 0 aromatic carbocycles. The molecule has 0 amide bonds. The predicted molar refractivity (Wildman–Crippen MR) is 33.4 cm³/mol. The van der Waals surface area contributed by atoms with Gasteiger partial charge in [-0.05, 0) is 6.37 Å². The van der Waals surface area contributed by atoms with Gasteiger partial charge in [0.1, 0.15) is 6.61 Å². The van der Waals surface area contributed by atoms with Crippen molar-refractivity contribution in [3.63, 3.8) is 0 Å². The fourth-order valence-electron chi connectivity index (χ4n) is 0.159. The zero-order valence-electron chi connectivity index (χ0n) is 13.5. The van der Waals surface area contributed by atoms with Gasteiger partial charge in [0, 0.05) is 16.2 Å². The minimum Gasteiger partial charge on any atom is -0.480 e. The molecule has 1 N–H and O–H groups in total. The van der Waals surface area contributed by atoms with E-state index in [4.69, 9.17) is 17.4 Å². The van der Waals surface area contributed by atoms with Crippen LogP contribution in [0.5, 0.6) is 0 Å². The first kappa shape index (κ1) is 1.72. The second kappa shape index (κ2) is 5.56. The molecule has 0 saturated heterocycles. The van der Waals surface area contributed by atoms with Crippen LogP contribution in [0.3, 0.4) is 0 Å². The number of rotatable bonds is 5. The van der Waals surface area contributed by atoms with E-state index in [0.717, 1.165) is 0 Å². The minimum absolute atomic E-state index is 1.22. The highest BCUT2D eigenvalue weighted by atomic mass is 16.5. The number of carboxylic acids is 1. The zero-order valence-corrected chi connectivity index (χ0v) is 4.47. The van der Waals surface area contributed by atoms with Crippen LogP contribution in [0.2, 0.25) is 0 Å². The van der Waals surface area contributed by atoms with Gasteiger partial charge in [-0.3, -0.25) is 0 Å². The third-order valence-corrected chi connectivity index (χ3v) is 0.381. The molecule has 0 atom stereocenters. The smallest absolute Gasteiger partial charge is 0.329 e. The van der Waals surface area contributed by atoms with Crippen molar-refractivity contribution >= 4 is 5.97 Å². The molecule has 54 valence electrons. The zero-order chi connectivity index (χ0) is 15.0. The number of carbonyl (C=O) groups is 1. The van der Waals surface area contributed by atoms with Crippen molar-refractivity contribution < 1.29 is 27.0 Å². The summed E-state index contributed by atoms with van der Waals surface area (Å²) in [4.78, 5) is 10.2. The molecule has 0 spiro atoms. The van der Waals surface area contributed by atoms with Crippen LogP contribution in [0, 0.1) is 0 Å². The lowest BCUT2D eigenvalue weighted by Gasteiger charge is -1.96. The van der Waals surface area contributed by atoms with Crippen LogP contribution < -0.4 is 0 Å². The number of hydrogen-bond acceptors (Lipinski definition) is 2. The van der Waals surface area contributed by atoms with Crippen molar-refractivity contribution in [3.8, 4) is 0 Å². The molecule has 0 fully saturated rings. The van der Waals surface area contributed by atoms with Crippen LogP contribution in [0.25, 0.3) is 0 Å². The molecule has 0 radical (unpaired) electrons. The first-order chi connectivity index (χ1) is 7.67. The summed E-state index contributed by atoms with van der Waals surface area (Å²) < 4.78 is 68.0. The molecular weight excluding hydrogens is 120 g/mol. The van der Waals surface area contributed by atoms with E-state index >= 15 is 0 Å². The van der Waals surface area contributed by atoms with Crippen molar-refractivity contribution in [2.75, 3.05) is 13.2 Å². The summed E-state index contributed by atoms with van der Waals surface area (Å²) in [5.74, 6) is -1.59. The molecule has 3 heteroatoms. The summed E-state index contributed by atoms with van der Waals surface area (Å²) in [7, 11) is 0. The second-order valence-electron chi connectivity index (χ2n) is 1.03. The Labute approximate surface area is 67.3 Å². The fourth-order valence-corrected chi connectivity index (χ4v) is 0.159. The molecule has 0 aliphatic heterocycles. The van der Waals surface area contributed by atoms with Crippen LogP contribution >= 0.6 is 0 Å². The first-order valence-electron chi connectivity index (χ1n) is 6.52. The van der Waals surface area contributed by atoms with Gasteiger partial charge in [0.15, 0.2) is 0 Å². The summed E-state index contributed by atoms with van der Waals surface area (Å²) in [6.07, 6.45) is -7.12. The molecule has 0 aliphatic carbocycles. The summed E-state index contributed by atoms with van der Waals surface area (Å²) in [5.41, 5.74) is 0. The van der Waals surface area contributed by atoms with E-state index < -0.39 is 38.7 Å². The third kappa shape index (κ3) is 7.43. The topological polar surface area (TPSA) is 46.5 Å². The molecule has 0 aromatic heterocycles. The van der Waals surface area contributed by atoms with Gasteiger partial charge in [0.2, 0.25) is 0 Å². The molecule has 0 heterocycles. The van der Waals surface area contributed by atoms with E-state index in [2.05, 4.69) is 4.74 Å². The van der Waals surface area contributed by atoms with Crippen molar-refractivity contribution in [3.05, 3.63) is 0 Å². The van der Waals surface area contributed by atoms with Gasteiger partial charge in [0.25, 0.3) is 0 Å². The number of carboxylic acid groups (broad SMARTS) is 1. The number of hydrogen-bond donors (Lipinski definition) is 1. The minimum atomic E-state index is -3.57. The highest BCUT2D eigenvalue weighted by molar-refractivity contribution is 5.67. The highest BCUT2D eigenvalue weighted by Gasteiger charge is 1.93. The van der Waals surface area contributed by atoms with Gasteiger partial charge in [0.05, 0.1) is 2.74 Å². The van der Waals surface area contributed by atoms with Crippen LogP contribution in [0.15, 0.2) is 0 Å². The van der Waals surface area contributed by atoms with Gasteiger partial charge in [-0.2, -0.15) is 0 Å². The van der Waals surface area contributed by atoms with E-state index in [0.29, 0.717) is 0 Å². The van der Waals surface area contributed by atoms with Crippen molar-refractivity contribution in [1.82, 2.24) is 0 Å². The third-order valence-electron chi connectivity index (χ3n) is 0.381. The summed E-state index contributed by atoms with van der Waals surface area (Å²) in [6.45, 7) is -8.07. The molecule has 3 nitrogen and oxygen atoms in total. The van der Waals surface area contributed by atoms with E-state index in [1.807, 2.05) is 0 Å². The largest absolute Gasteiger partial charge is 0.480 e. The van der Waals surface area contributed by atoms with Crippen molar-refractivity contribution in [2.24, 2.45) is 0 Å². The van der Waals surface area contributed by atoms with Crippen molar-refractivity contribution in [1.29, 1.82) is 0 Å². The molecule has 0 unspecified atom stereocenters. The maximum atomic E-state index is 10.2. The lowest BCUT2D eigenvalue weighted by molar-refractivity contribution is -0.142. The Balaban J connectivity index is 5.29. The average molecular weight is 141 g/mol. The van der Waals surface area contributed by atoms with E-state index in [-0.39, 0.29) is 0 Å². The average Bonchev–Trinajstić information content (AvgIpc) is 2.12. The Morgan fingerprint density at radius 2 is 2.78 bits per heavy atom. The normalized spacial score (nSPS) is 30.4. The van der Waals surface area contributed by atoms with Crippen LogP contribution in [-0.4, -0.2) is 24.2 Å². The van der Waals surface area contributed by atoms with Crippen LogP contribution in [0.1, 0.15) is 31.9 Å². The van der Waals surface area contributed by atoms with Crippen LogP contribution in [-0.2, 0) is 9.53 Å².